The van der Waals surface area contributed by atoms with Crippen LogP contribution >= 0.6 is 0 Å². The van der Waals surface area contributed by atoms with Crippen LogP contribution in [0.5, 0.6) is 11.5 Å². The lowest BCUT2D eigenvalue weighted by Crippen LogP contribution is -2.44. The standard InChI is InChI=1S/C39H44FN5O3/c1-26-27(2)45(18-6-17-44-21-19-43(3)20-22-44)35-16-15-32(23-34(26)35)41-31-13-9-29(10-14-31)39(46)42-33-24-36(47-4)38(37(25-33)48-5)28-7-11-30(40)12-8-28/h7-16,23-25,41H,6,17-22H2,1-5H3,(H,42,46). The van der Waals surface area contributed by atoms with E-state index in [1.807, 2.05) is 12.1 Å². The number of hydrogen-bond acceptors (Lipinski definition) is 6. The molecule has 1 aliphatic heterocycles. The number of nitrogens with zero attached hydrogens (tertiary/aromatic N) is 3. The molecule has 0 aliphatic carbocycles. The maximum atomic E-state index is 13.5. The van der Waals surface area contributed by atoms with Gasteiger partial charge in [0.2, 0.25) is 0 Å². The molecule has 8 nitrogen and oxygen atoms in total. The van der Waals surface area contributed by atoms with E-state index in [0.29, 0.717) is 28.3 Å². The van der Waals surface area contributed by atoms with E-state index in [1.165, 1.54) is 34.3 Å². The van der Waals surface area contributed by atoms with E-state index in [4.69, 9.17) is 9.47 Å². The number of nitrogens with one attached hydrogen (secondary N) is 2. The first-order valence-corrected chi connectivity index (χ1v) is 16.4. The van der Waals surface area contributed by atoms with Crippen molar-refractivity contribution in [1.29, 1.82) is 0 Å². The second-order valence-corrected chi connectivity index (χ2v) is 12.5. The maximum absolute atomic E-state index is 13.5. The van der Waals surface area contributed by atoms with Crippen LogP contribution in [-0.2, 0) is 6.54 Å². The van der Waals surface area contributed by atoms with E-state index in [9.17, 15) is 9.18 Å². The van der Waals surface area contributed by atoms with E-state index < -0.39 is 0 Å². The fraction of sp³-hybridized carbons (Fsp3) is 0.308. The molecule has 1 saturated heterocycles. The van der Waals surface area contributed by atoms with Crippen molar-refractivity contribution in [3.63, 3.8) is 0 Å². The van der Waals surface area contributed by atoms with E-state index in [1.54, 1.807) is 50.6 Å². The number of fused-ring (bicyclic) bond motifs is 1. The molecule has 1 fully saturated rings. The summed E-state index contributed by atoms with van der Waals surface area (Å²) in [5.74, 6) is 0.408. The van der Waals surface area contributed by atoms with Crippen molar-refractivity contribution in [1.82, 2.24) is 14.4 Å². The number of methoxy groups -OCH3 is 2. The van der Waals surface area contributed by atoms with Crippen molar-refractivity contribution in [3.8, 4) is 22.6 Å². The third-order valence-corrected chi connectivity index (χ3v) is 9.42. The molecule has 0 atom stereocenters. The molecule has 0 unspecified atom stereocenters. The molecule has 0 saturated carbocycles. The molecule has 2 N–H and O–H groups in total. The first kappa shape index (κ1) is 33.1. The number of hydrogen-bond donors (Lipinski definition) is 2. The minimum Gasteiger partial charge on any atom is -0.496 e. The molecule has 0 spiro atoms. The molecule has 6 rings (SSSR count). The molecular weight excluding hydrogens is 605 g/mol. The number of amides is 1. The van der Waals surface area contributed by atoms with Crippen molar-refractivity contribution in [3.05, 3.63) is 102 Å². The number of carbonyl (C=O) groups is 1. The fourth-order valence-corrected chi connectivity index (χ4v) is 6.50. The smallest absolute Gasteiger partial charge is 0.255 e. The lowest BCUT2D eigenvalue weighted by atomic mass is 10.0. The molecule has 9 heteroatoms. The summed E-state index contributed by atoms with van der Waals surface area (Å²) in [5.41, 5.74) is 8.22. The highest BCUT2D eigenvalue weighted by Crippen LogP contribution is 2.41. The van der Waals surface area contributed by atoms with E-state index in [-0.39, 0.29) is 11.7 Å². The highest BCUT2D eigenvalue weighted by Gasteiger charge is 2.18. The van der Waals surface area contributed by atoms with Crippen LogP contribution in [0.25, 0.3) is 22.0 Å². The van der Waals surface area contributed by atoms with Gasteiger partial charge in [0.1, 0.15) is 17.3 Å². The summed E-state index contributed by atoms with van der Waals surface area (Å²) in [6, 6.07) is 23.5. The van der Waals surface area contributed by atoms with Gasteiger partial charge >= 0.3 is 0 Å². The van der Waals surface area contributed by atoms with Crippen LogP contribution in [-0.4, -0.2) is 74.3 Å². The van der Waals surface area contributed by atoms with Crippen LogP contribution in [0.2, 0.25) is 0 Å². The number of carbonyl (C=O) groups excluding carboxylic acids is 1. The Morgan fingerprint density at radius 1 is 0.792 bits per heavy atom. The zero-order valence-electron chi connectivity index (χ0n) is 28.4. The van der Waals surface area contributed by atoms with Crippen LogP contribution in [0.4, 0.5) is 21.5 Å². The molecular formula is C39H44FN5O3. The molecule has 48 heavy (non-hydrogen) atoms. The van der Waals surface area contributed by atoms with Crippen LogP contribution in [0.1, 0.15) is 28.0 Å². The highest BCUT2D eigenvalue weighted by molar-refractivity contribution is 6.05. The average molecular weight is 650 g/mol. The van der Waals surface area contributed by atoms with Crippen LogP contribution in [0.3, 0.4) is 0 Å². The molecule has 2 heterocycles. The van der Waals surface area contributed by atoms with Gasteiger partial charge in [-0.1, -0.05) is 12.1 Å². The monoisotopic (exact) mass is 649 g/mol. The summed E-state index contributed by atoms with van der Waals surface area (Å²) < 4.78 is 27.2. The number of likely N-dealkylation sites (N-methyl/N-ethyl adjacent to an activating group) is 1. The Morgan fingerprint density at radius 3 is 2.08 bits per heavy atom. The Morgan fingerprint density at radius 2 is 1.44 bits per heavy atom. The van der Waals surface area contributed by atoms with E-state index in [0.717, 1.165) is 62.6 Å². The van der Waals surface area contributed by atoms with Gasteiger partial charge in [-0.15, -0.1) is 0 Å². The summed E-state index contributed by atoms with van der Waals surface area (Å²) in [6.45, 7) is 11.2. The summed E-state index contributed by atoms with van der Waals surface area (Å²) in [7, 11) is 5.29. The van der Waals surface area contributed by atoms with Crippen molar-refractivity contribution in [2.75, 3.05) is 64.6 Å². The van der Waals surface area contributed by atoms with E-state index in [2.05, 4.69) is 64.1 Å². The van der Waals surface area contributed by atoms with Gasteiger partial charge in [-0.05, 0) is 99.6 Å². The molecule has 1 aromatic heterocycles. The van der Waals surface area contributed by atoms with Gasteiger partial charge in [0, 0.05) is 84.1 Å². The minimum absolute atomic E-state index is 0.262. The number of halogens is 1. The lowest BCUT2D eigenvalue weighted by molar-refractivity contribution is 0.102. The number of benzene rings is 4. The summed E-state index contributed by atoms with van der Waals surface area (Å²) in [6.07, 6.45) is 1.14. The minimum atomic E-state index is -0.328. The fourth-order valence-electron chi connectivity index (χ4n) is 6.50. The normalized spacial score (nSPS) is 13.9. The van der Waals surface area contributed by atoms with Crippen molar-refractivity contribution >= 4 is 33.9 Å². The van der Waals surface area contributed by atoms with Gasteiger partial charge in [-0.2, -0.15) is 0 Å². The number of ether oxygens (including phenoxy) is 2. The largest absolute Gasteiger partial charge is 0.496 e. The Bertz CT molecular complexity index is 1870. The van der Waals surface area contributed by atoms with Crippen LogP contribution < -0.4 is 20.1 Å². The zero-order valence-corrected chi connectivity index (χ0v) is 28.4. The highest BCUT2D eigenvalue weighted by atomic mass is 19.1. The van der Waals surface area contributed by atoms with Gasteiger partial charge < -0.3 is 34.5 Å². The van der Waals surface area contributed by atoms with Crippen LogP contribution in [0, 0.1) is 19.7 Å². The lowest BCUT2D eigenvalue weighted by Gasteiger charge is -2.32. The predicted octanol–water partition coefficient (Wildman–Crippen LogP) is 7.71. The van der Waals surface area contributed by atoms with Crippen molar-refractivity contribution in [2.45, 2.75) is 26.8 Å². The molecule has 0 radical (unpaired) electrons. The number of aryl methyl sites for hydroxylation is 2. The van der Waals surface area contributed by atoms with Crippen molar-refractivity contribution < 1.29 is 18.7 Å². The first-order chi connectivity index (χ1) is 23.2. The Balaban J connectivity index is 1.11. The predicted molar refractivity (Wildman–Crippen MR) is 193 cm³/mol. The molecule has 1 amide bonds. The van der Waals surface area contributed by atoms with Gasteiger partial charge in [0.15, 0.2) is 0 Å². The first-order valence-electron chi connectivity index (χ1n) is 16.4. The molecule has 5 aromatic rings. The Labute approximate surface area is 282 Å². The maximum Gasteiger partial charge on any atom is 0.255 e. The third kappa shape index (κ3) is 7.17. The third-order valence-electron chi connectivity index (χ3n) is 9.42. The second kappa shape index (κ2) is 14.5. The van der Waals surface area contributed by atoms with Crippen molar-refractivity contribution in [2.24, 2.45) is 0 Å². The summed E-state index contributed by atoms with van der Waals surface area (Å²) in [4.78, 5) is 18.2. The molecule has 1 aliphatic rings. The summed E-state index contributed by atoms with van der Waals surface area (Å²) >= 11 is 0. The van der Waals surface area contributed by atoms with Crippen LogP contribution in [0.15, 0.2) is 78.9 Å². The van der Waals surface area contributed by atoms with Gasteiger partial charge in [-0.25, -0.2) is 4.39 Å². The second-order valence-electron chi connectivity index (χ2n) is 12.5. The number of aromatic nitrogens is 1. The van der Waals surface area contributed by atoms with Gasteiger partial charge in [0.05, 0.1) is 19.8 Å². The Kier molecular flexibility index (Phi) is 9.98. The molecule has 0 bridgehead atoms. The number of piperazine rings is 1. The molecule has 250 valence electrons. The zero-order chi connectivity index (χ0) is 33.8. The van der Waals surface area contributed by atoms with Gasteiger partial charge in [0.25, 0.3) is 5.91 Å². The average Bonchev–Trinajstić information content (AvgIpc) is 3.33. The summed E-state index contributed by atoms with van der Waals surface area (Å²) in [5, 5.41) is 7.71. The number of anilines is 3. The van der Waals surface area contributed by atoms with E-state index >= 15 is 0 Å². The quantitative estimate of drug-likeness (QED) is 0.153. The topological polar surface area (TPSA) is 71.0 Å². The Hall–Kier alpha value is -4.86. The van der Waals surface area contributed by atoms with Gasteiger partial charge in [-0.3, -0.25) is 4.79 Å². The molecule has 4 aromatic carbocycles. The number of rotatable bonds is 11. The SMILES string of the molecule is COc1cc(NC(=O)c2ccc(Nc3ccc4c(c3)c(C)c(C)n4CCCN3CCN(C)CC3)cc2)cc(OC)c1-c1ccc(F)cc1.